The summed E-state index contributed by atoms with van der Waals surface area (Å²) >= 11 is 0. The topological polar surface area (TPSA) is 50.2 Å². The minimum absolute atomic E-state index is 0.150. The van der Waals surface area contributed by atoms with Gasteiger partial charge in [-0.25, -0.2) is 4.98 Å². The lowest BCUT2D eigenvalue weighted by Gasteiger charge is -2.12. The molecule has 0 fully saturated rings. The maximum Gasteiger partial charge on any atom is 0.255 e. The van der Waals surface area contributed by atoms with E-state index < -0.39 is 0 Å². The van der Waals surface area contributed by atoms with Crippen molar-refractivity contribution >= 4 is 17.4 Å². The van der Waals surface area contributed by atoms with Crippen molar-refractivity contribution in [2.75, 3.05) is 24.3 Å². The van der Waals surface area contributed by atoms with E-state index in [-0.39, 0.29) is 5.91 Å². The van der Waals surface area contributed by atoms with Crippen molar-refractivity contribution in [1.82, 2.24) is 9.55 Å². The molecule has 0 saturated heterocycles. The van der Waals surface area contributed by atoms with Crippen LogP contribution in [0.25, 0.3) is 5.69 Å². The third kappa shape index (κ3) is 3.40. The second-order valence-corrected chi connectivity index (χ2v) is 5.39. The molecule has 3 rings (SSSR count). The molecule has 116 valence electrons. The van der Waals surface area contributed by atoms with Gasteiger partial charge in [0.15, 0.2) is 0 Å². The van der Waals surface area contributed by atoms with E-state index in [1.54, 1.807) is 6.20 Å². The van der Waals surface area contributed by atoms with Crippen LogP contribution in [0.15, 0.2) is 67.1 Å². The Morgan fingerprint density at radius 3 is 2.30 bits per heavy atom. The summed E-state index contributed by atoms with van der Waals surface area (Å²) in [6.07, 6.45) is 5.58. The van der Waals surface area contributed by atoms with Gasteiger partial charge >= 0.3 is 0 Å². The standard InChI is InChI=1S/C18H18N4O/c1-21(2)17-10-7-15(13-19-17)20-18(23)14-5-8-16(9-6-14)22-11-3-4-12-22/h3-13H,1-2H3,(H,20,23). The summed E-state index contributed by atoms with van der Waals surface area (Å²) in [5.74, 6) is 0.697. The van der Waals surface area contributed by atoms with Gasteiger partial charge in [-0.05, 0) is 48.5 Å². The van der Waals surface area contributed by atoms with Gasteiger partial charge in [-0.1, -0.05) is 0 Å². The molecule has 0 aliphatic carbocycles. The highest BCUT2D eigenvalue weighted by Crippen LogP contribution is 2.14. The SMILES string of the molecule is CN(C)c1ccc(NC(=O)c2ccc(-n3cccc3)cc2)cn1. The third-order valence-electron chi connectivity index (χ3n) is 3.50. The minimum atomic E-state index is -0.150. The van der Waals surface area contributed by atoms with Crippen LogP contribution in [0, 0.1) is 0 Å². The molecular weight excluding hydrogens is 288 g/mol. The lowest BCUT2D eigenvalue weighted by atomic mass is 10.2. The fourth-order valence-corrected chi connectivity index (χ4v) is 2.22. The number of hydrogen-bond donors (Lipinski definition) is 1. The molecule has 5 heteroatoms. The molecule has 1 N–H and O–H groups in total. The van der Waals surface area contributed by atoms with E-state index in [1.165, 1.54) is 0 Å². The number of carbonyl (C=O) groups is 1. The summed E-state index contributed by atoms with van der Waals surface area (Å²) in [7, 11) is 3.85. The molecule has 3 aromatic rings. The highest BCUT2D eigenvalue weighted by atomic mass is 16.1. The number of pyridine rings is 1. The van der Waals surface area contributed by atoms with Crippen molar-refractivity contribution in [3.63, 3.8) is 0 Å². The molecule has 0 unspecified atom stereocenters. The van der Waals surface area contributed by atoms with Crippen LogP contribution in [0.2, 0.25) is 0 Å². The molecule has 5 nitrogen and oxygen atoms in total. The zero-order valence-electron chi connectivity index (χ0n) is 13.1. The van der Waals surface area contributed by atoms with Crippen LogP contribution in [0.5, 0.6) is 0 Å². The number of hydrogen-bond acceptors (Lipinski definition) is 3. The minimum Gasteiger partial charge on any atom is -0.363 e. The van der Waals surface area contributed by atoms with Gasteiger partial charge in [-0.15, -0.1) is 0 Å². The number of aromatic nitrogens is 2. The van der Waals surface area contributed by atoms with Crippen LogP contribution in [-0.2, 0) is 0 Å². The van der Waals surface area contributed by atoms with Crippen molar-refractivity contribution < 1.29 is 4.79 Å². The molecule has 2 heterocycles. The second-order valence-electron chi connectivity index (χ2n) is 5.39. The molecule has 0 saturated carbocycles. The van der Waals surface area contributed by atoms with Gasteiger partial charge in [0.05, 0.1) is 11.9 Å². The highest BCUT2D eigenvalue weighted by Gasteiger charge is 2.07. The normalized spacial score (nSPS) is 10.3. The lowest BCUT2D eigenvalue weighted by Crippen LogP contribution is -2.13. The molecular formula is C18H18N4O. The first kappa shape index (κ1) is 14.8. The fraction of sp³-hybridized carbons (Fsp3) is 0.111. The molecule has 0 spiro atoms. The number of rotatable bonds is 4. The first-order valence-corrected chi connectivity index (χ1v) is 7.31. The van der Waals surface area contributed by atoms with Crippen molar-refractivity contribution in [3.8, 4) is 5.69 Å². The molecule has 0 atom stereocenters. The Kier molecular flexibility index (Phi) is 4.10. The Morgan fingerprint density at radius 2 is 1.74 bits per heavy atom. The largest absolute Gasteiger partial charge is 0.363 e. The van der Waals surface area contributed by atoms with Crippen LogP contribution < -0.4 is 10.2 Å². The monoisotopic (exact) mass is 306 g/mol. The van der Waals surface area contributed by atoms with E-state index >= 15 is 0 Å². The van der Waals surface area contributed by atoms with Gasteiger partial charge < -0.3 is 14.8 Å². The summed E-state index contributed by atoms with van der Waals surface area (Å²) < 4.78 is 1.99. The smallest absolute Gasteiger partial charge is 0.255 e. The zero-order chi connectivity index (χ0) is 16.2. The van der Waals surface area contributed by atoms with Crippen molar-refractivity contribution in [1.29, 1.82) is 0 Å². The predicted octanol–water partition coefficient (Wildman–Crippen LogP) is 3.19. The molecule has 1 aromatic carbocycles. The number of anilines is 2. The van der Waals surface area contributed by atoms with Crippen LogP contribution in [0.3, 0.4) is 0 Å². The second kappa shape index (κ2) is 6.36. The van der Waals surface area contributed by atoms with Crippen molar-refractivity contribution in [2.24, 2.45) is 0 Å². The van der Waals surface area contributed by atoms with Crippen molar-refractivity contribution in [3.05, 3.63) is 72.7 Å². The maximum absolute atomic E-state index is 12.3. The number of carbonyl (C=O) groups excluding carboxylic acids is 1. The molecule has 1 amide bonds. The Morgan fingerprint density at radius 1 is 1.04 bits per heavy atom. The Bertz CT molecular complexity index is 775. The first-order valence-electron chi connectivity index (χ1n) is 7.31. The molecule has 2 aromatic heterocycles. The fourth-order valence-electron chi connectivity index (χ4n) is 2.22. The maximum atomic E-state index is 12.3. The van der Waals surface area contributed by atoms with Crippen LogP contribution in [-0.4, -0.2) is 29.6 Å². The molecule has 0 aliphatic rings. The molecule has 0 aliphatic heterocycles. The Labute approximate surface area is 135 Å². The van der Waals surface area contributed by atoms with E-state index in [1.807, 2.05) is 84.5 Å². The Hall–Kier alpha value is -3.08. The van der Waals surface area contributed by atoms with E-state index in [4.69, 9.17) is 0 Å². The van der Waals surface area contributed by atoms with E-state index in [0.29, 0.717) is 11.3 Å². The highest BCUT2D eigenvalue weighted by molar-refractivity contribution is 6.04. The average molecular weight is 306 g/mol. The van der Waals surface area contributed by atoms with E-state index in [2.05, 4.69) is 10.3 Å². The van der Waals surface area contributed by atoms with Crippen molar-refractivity contribution in [2.45, 2.75) is 0 Å². The Balaban J connectivity index is 1.70. The quantitative estimate of drug-likeness (QED) is 0.805. The molecule has 23 heavy (non-hydrogen) atoms. The van der Waals surface area contributed by atoms with Gasteiger partial charge in [0.25, 0.3) is 5.91 Å². The first-order chi connectivity index (χ1) is 11.1. The molecule has 0 bridgehead atoms. The number of benzene rings is 1. The zero-order valence-corrected chi connectivity index (χ0v) is 13.1. The summed E-state index contributed by atoms with van der Waals surface area (Å²) in [6.45, 7) is 0. The van der Waals surface area contributed by atoms with Gasteiger partial charge in [-0.2, -0.15) is 0 Å². The van der Waals surface area contributed by atoms with Crippen LogP contribution in [0.1, 0.15) is 10.4 Å². The average Bonchev–Trinajstić information content (AvgIpc) is 3.10. The van der Waals surface area contributed by atoms with Crippen LogP contribution in [0.4, 0.5) is 11.5 Å². The van der Waals surface area contributed by atoms with Gasteiger partial charge in [0.1, 0.15) is 5.82 Å². The van der Waals surface area contributed by atoms with Crippen LogP contribution >= 0.6 is 0 Å². The third-order valence-corrected chi connectivity index (χ3v) is 3.50. The number of amides is 1. The van der Waals surface area contributed by atoms with Gasteiger partial charge in [0.2, 0.25) is 0 Å². The number of nitrogens with one attached hydrogen (secondary N) is 1. The van der Waals surface area contributed by atoms with Gasteiger partial charge in [0, 0.05) is 37.7 Å². The van der Waals surface area contributed by atoms with E-state index in [0.717, 1.165) is 11.5 Å². The number of nitrogens with zero attached hydrogens (tertiary/aromatic N) is 3. The lowest BCUT2D eigenvalue weighted by molar-refractivity contribution is 0.102. The van der Waals surface area contributed by atoms with Gasteiger partial charge in [-0.3, -0.25) is 4.79 Å². The summed E-state index contributed by atoms with van der Waals surface area (Å²) in [5, 5.41) is 2.85. The summed E-state index contributed by atoms with van der Waals surface area (Å²) in [4.78, 5) is 18.5. The predicted molar refractivity (Wildman–Crippen MR) is 92.3 cm³/mol. The van der Waals surface area contributed by atoms with E-state index in [9.17, 15) is 4.79 Å². The molecule has 0 radical (unpaired) electrons. The summed E-state index contributed by atoms with van der Waals surface area (Å²) in [6, 6.07) is 15.1. The summed E-state index contributed by atoms with van der Waals surface area (Å²) in [5.41, 5.74) is 2.30.